The number of benzene rings is 3. The fraction of sp³-hybridized carbons (Fsp3) is 0.167. The van der Waals surface area contributed by atoms with Gasteiger partial charge in [-0.15, -0.1) is 0 Å². The first-order valence-corrected chi connectivity index (χ1v) is 12.9. The maximum Gasteiger partial charge on any atom is 0.422 e. The minimum absolute atomic E-state index is 0.250. The van der Waals surface area contributed by atoms with Crippen LogP contribution in [0.4, 0.5) is 92.2 Å². The van der Waals surface area contributed by atoms with Crippen LogP contribution in [0.5, 0.6) is 0 Å². The molecule has 0 N–H and O–H groups in total. The normalized spacial score (nSPS) is 16.7. The molecule has 0 atom stereocenters. The minimum atomic E-state index is -6.19. The Morgan fingerprint density at radius 1 is 0.365 bits per heavy atom. The van der Waals surface area contributed by atoms with Crippen LogP contribution >= 0.6 is 0 Å². The molecule has 52 heavy (non-hydrogen) atoms. The van der Waals surface area contributed by atoms with Gasteiger partial charge in [0.1, 0.15) is 22.8 Å². The van der Waals surface area contributed by atoms with Crippen LogP contribution in [0.2, 0.25) is 0 Å². The largest absolute Gasteiger partial charge is 0.422 e. The molecule has 3 aromatic carbocycles. The number of allylic oxidation sites excluding steroid dienone is 6. The highest BCUT2D eigenvalue weighted by atomic mass is 19.4. The molecule has 4 rings (SSSR count). The van der Waals surface area contributed by atoms with Crippen molar-refractivity contribution in [3.8, 4) is 6.07 Å². The summed E-state index contributed by atoms with van der Waals surface area (Å²) in [4.78, 5) is 0. The summed E-state index contributed by atoms with van der Waals surface area (Å²) in [5, 5.41) is 9.70. The molecule has 0 aromatic heterocycles. The Morgan fingerprint density at radius 2 is 0.577 bits per heavy atom. The zero-order chi connectivity index (χ0) is 40.1. The zero-order valence-electron chi connectivity index (χ0n) is 24.4. The second-order valence-corrected chi connectivity index (χ2v) is 10.4. The van der Waals surface area contributed by atoms with Gasteiger partial charge < -0.3 is 0 Å². The summed E-state index contributed by atoms with van der Waals surface area (Å²) in [7, 11) is 0. The summed E-state index contributed by atoms with van der Waals surface area (Å²) in [5.41, 5.74) is -26.0. The molecule has 0 bridgehead atoms. The van der Waals surface area contributed by atoms with E-state index in [0.717, 1.165) is 6.07 Å². The molecule has 0 saturated heterocycles. The van der Waals surface area contributed by atoms with Gasteiger partial charge in [0.05, 0.1) is 22.3 Å². The smallest absolute Gasteiger partial charge is 0.203 e. The third-order valence-corrected chi connectivity index (χ3v) is 7.44. The van der Waals surface area contributed by atoms with Gasteiger partial charge in [-0.05, 0) is 36.1 Å². The molecular formula is C30H6F21N. The van der Waals surface area contributed by atoms with Crippen molar-refractivity contribution in [1.82, 2.24) is 0 Å². The number of nitriles is 1. The molecule has 1 saturated carbocycles. The molecule has 0 amide bonds. The molecule has 1 fully saturated rings. The lowest BCUT2D eigenvalue weighted by molar-refractivity contribution is -0.144. The lowest BCUT2D eigenvalue weighted by Crippen LogP contribution is -2.17. The predicted octanol–water partition coefficient (Wildman–Crippen LogP) is 11.7. The van der Waals surface area contributed by atoms with Gasteiger partial charge in [0.25, 0.3) is 0 Å². The monoisotopic (exact) mass is 779 g/mol. The van der Waals surface area contributed by atoms with Gasteiger partial charge >= 0.3 is 18.5 Å². The molecule has 0 spiro atoms. The van der Waals surface area contributed by atoms with Crippen molar-refractivity contribution < 1.29 is 92.2 Å². The summed E-state index contributed by atoms with van der Waals surface area (Å²) in [6, 6.07) is 0.757. The summed E-state index contributed by atoms with van der Waals surface area (Å²) in [5.74, 6) is -37.1. The minimum Gasteiger partial charge on any atom is -0.203 e. The molecule has 3 aromatic rings. The quantitative estimate of drug-likeness (QED) is 0.148. The summed E-state index contributed by atoms with van der Waals surface area (Å²) in [6.07, 6.45) is -18.5. The average molecular weight is 779 g/mol. The van der Waals surface area contributed by atoms with Crippen LogP contribution in [0.25, 0.3) is 16.7 Å². The lowest BCUT2D eigenvalue weighted by Gasteiger charge is -2.14. The number of nitrogens with zero attached hydrogens (tertiary/aromatic N) is 1. The third-order valence-electron chi connectivity index (χ3n) is 7.44. The fourth-order valence-corrected chi connectivity index (χ4v) is 5.19. The first-order valence-electron chi connectivity index (χ1n) is 12.9. The number of halogens is 21. The van der Waals surface area contributed by atoms with Crippen molar-refractivity contribution in [3.05, 3.63) is 120 Å². The Kier molecular flexibility index (Phi) is 9.57. The number of hydrogen-bond acceptors (Lipinski definition) is 1. The highest BCUT2D eigenvalue weighted by Gasteiger charge is 2.49. The van der Waals surface area contributed by atoms with E-state index in [4.69, 9.17) is 0 Å². The van der Waals surface area contributed by atoms with Crippen LogP contribution in [0.15, 0.2) is 16.7 Å². The van der Waals surface area contributed by atoms with Crippen LogP contribution in [0.3, 0.4) is 0 Å². The molecule has 1 aliphatic rings. The van der Waals surface area contributed by atoms with Gasteiger partial charge in [-0.3, -0.25) is 0 Å². The Balaban J connectivity index is 2.29. The van der Waals surface area contributed by atoms with E-state index in [2.05, 4.69) is 0 Å². The lowest BCUT2D eigenvalue weighted by atomic mass is 9.98. The van der Waals surface area contributed by atoms with Crippen LogP contribution in [0.1, 0.15) is 47.2 Å². The third kappa shape index (κ3) is 5.92. The Labute approximate surface area is 273 Å². The summed E-state index contributed by atoms with van der Waals surface area (Å²) < 4.78 is 295. The molecule has 0 radical (unpaired) electrons. The van der Waals surface area contributed by atoms with E-state index in [0.29, 0.717) is 0 Å². The van der Waals surface area contributed by atoms with Gasteiger partial charge in [-0.25, -0.2) is 52.7 Å². The maximum absolute atomic E-state index is 15.0. The van der Waals surface area contributed by atoms with E-state index >= 15 is 0 Å². The second-order valence-electron chi connectivity index (χ2n) is 10.4. The van der Waals surface area contributed by atoms with Crippen LogP contribution < -0.4 is 0 Å². The summed E-state index contributed by atoms with van der Waals surface area (Å²) in [6.45, 7) is 0.499. The Bertz CT molecular complexity index is 2040. The van der Waals surface area contributed by atoms with Crippen molar-refractivity contribution in [2.75, 3.05) is 0 Å². The van der Waals surface area contributed by atoms with Gasteiger partial charge in [-0.2, -0.15) is 44.8 Å². The van der Waals surface area contributed by atoms with Crippen molar-refractivity contribution >= 4 is 16.7 Å². The van der Waals surface area contributed by atoms with E-state index in [1.807, 2.05) is 0 Å². The SMILES string of the molecule is C/C(=C1/C(=C(C#N)c2c(F)c(F)c(C(F)(F)F)c(F)c2F)/C1=C(\C)c1c(F)c(F)c(C(F)(F)F)c(F)c1F)c1c(F)c(F)c(C(F)(F)F)c(F)c1F. The number of hydrogen-bond donors (Lipinski definition) is 0. The van der Waals surface area contributed by atoms with Crippen molar-refractivity contribution in [2.24, 2.45) is 0 Å². The molecule has 278 valence electrons. The van der Waals surface area contributed by atoms with E-state index < -0.39 is 155 Å². The van der Waals surface area contributed by atoms with Gasteiger partial charge in [0.15, 0.2) is 69.8 Å². The molecule has 22 heteroatoms. The van der Waals surface area contributed by atoms with Crippen LogP contribution in [0, 0.1) is 81.1 Å². The van der Waals surface area contributed by atoms with Crippen molar-refractivity contribution in [2.45, 2.75) is 32.4 Å². The maximum atomic E-state index is 15.0. The van der Waals surface area contributed by atoms with Crippen molar-refractivity contribution in [1.29, 1.82) is 5.26 Å². The van der Waals surface area contributed by atoms with E-state index in [-0.39, 0.29) is 13.8 Å². The molecule has 0 aliphatic heterocycles. The highest BCUT2D eigenvalue weighted by Crippen LogP contribution is 2.58. The van der Waals surface area contributed by atoms with Gasteiger partial charge in [0, 0.05) is 5.57 Å². The molecule has 1 nitrogen and oxygen atoms in total. The number of rotatable bonds is 3. The predicted molar refractivity (Wildman–Crippen MR) is 132 cm³/mol. The molecule has 1 aliphatic carbocycles. The topological polar surface area (TPSA) is 23.8 Å². The standard InChI is InChI=1S/C30H6F21N/c1-4(9-16(31)22(37)13(28(43,44)45)23(38)17(9)32)7-8(5(2)10-18(33)24(39)14(29(46,47)48)25(40)19(10)34)11(7)6(3-52)12-20(35)26(41)15(30(49,50)51)27(42)21(12)36/h1-2H3/b7-4-,8-5+,11-6?. The molecule has 0 unspecified atom stereocenters. The van der Waals surface area contributed by atoms with Crippen LogP contribution in [-0.4, -0.2) is 0 Å². The zero-order valence-corrected chi connectivity index (χ0v) is 24.4. The van der Waals surface area contributed by atoms with E-state index in [9.17, 15) is 97.5 Å². The molecular weight excluding hydrogens is 773 g/mol. The van der Waals surface area contributed by atoms with Gasteiger partial charge in [-0.1, -0.05) is 0 Å². The van der Waals surface area contributed by atoms with E-state index in [1.165, 1.54) is 0 Å². The Hall–Kier alpha value is -5.10. The second kappa shape index (κ2) is 12.5. The highest BCUT2D eigenvalue weighted by molar-refractivity contribution is 6.08. The van der Waals surface area contributed by atoms with Crippen molar-refractivity contribution in [3.63, 3.8) is 0 Å². The summed E-state index contributed by atoms with van der Waals surface area (Å²) >= 11 is 0. The molecule has 0 heterocycles. The van der Waals surface area contributed by atoms with E-state index in [1.54, 1.807) is 0 Å². The fourth-order valence-electron chi connectivity index (χ4n) is 5.19. The number of alkyl halides is 9. The Morgan fingerprint density at radius 3 is 0.769 bits per heavy atom. The van der Waals surface area contributed by atoms with Gasteiger partial charge in [0.2, 0.25) is 0 Å². The van der Waals surface area contributed by atoms with Crippen LogP contribution in [-0.2, 0) is 18.5 Å². The first kappa shape index (κ1) is 39.7. The average Bonchev–Trinajstić information content (AvgIpc) is 3.73. The first-order chi connectivity index (χ1) is 23.6.